The van der Waals surface area contributed by atoms with Crippen LogP contribution in [0.25, 0.3) is 10.9 Å². The van der Waals surface area contributed by atoms with E-state index >= 15 is 0 Å². The molecule has 0 fully saturated rings. The number of aromatic amines is 1. The lowest BCUT2D eigenvalue weighted by atomic mass is 10.2. The van der Waals surface area contributed by atoms with E-state index < -0.39 is 10.8 Å². The molecule has 0 saturated carbocycles. The molecule has 4 N–H and O–H groups in total. The van der Waals surface area contributed by atoms with Gasteiger partial charge in [0.25, 0.3) is 5.91 Å². The molecule has 1 aromatic carbocycles. The monoisotopic (exact) mass is 354 g/mol. The number of ether oxygens (including phenoxy) is 1. The quantitative estimate of drug-likeness (QED) is 0.283. The van der Waals surface area contributed by atoms with Crippen LogP contribution >= 0.6 is 0 Å². The lowest BCUT2D eigenvalue weighted by Gasteiger charge is -2.12. The van der Waals surface area contributed by atoms with Gasteiger partial charge in [-0.2, -0.15) is 0 Å². The van der Waals surface area contributed by atoms with Crippen LogP contribution in [0.1, 0.15) is 10.5 Å². The van der Waals surface area contributed by atoms with Gasteiger partial charge in [0, 0.05) is 30.1 Å². The summed E-state index contributed by atoms with van der Waals surface area (Å²) in [4.78, 5) is 30.0. The maximum atomic E-state index is 12.2. The third kappa shape index (κ3) is 3.29. The zero-order valence-electron chi connectivity index (χ0n) is 13.6. The molecule has 0 atom stereocenters. The number of nitrogens with one attached hydrogen (secondary N) is 2. The lowest BCUT2D eigenvalue weighted by Crippen LogP contribution is -2.38. The zero-order chi connectivity index (χ0) is 18.8. The molecule has 26 heavy (non-hydrogen) atoms. The third-order valence-corrected chi connectivity index (χ3v) is 3.63. The Morgan fingerprint density at radius 3 is 2.73 bits per heavy atom. The number of amides is 1. The van der Waals surface area contributed by atoms with Crippen molar-refractivity contribution in [3.8, 4) is 11.5 Å². The topological polar surface area (TPSA) is 151 Å². The van der Waals surface area contributed by atoms with Crippen molar-refractivity contribution < 1.29 is 14.5 Å². The summed E-state index contributed by atoms with van der Waals surface area (Å²) in [6, 6.07) is 9.43. The molecular formula is C16H14N6O4. The number of nitrogens with two attached hydrogens (primary N) is 1. The molecule has 10 nitrogen and oxygen atoms in total. The van der Waals surface area contributed by atoms with Gasteiger partial charge in [0.05, 0.1) is 6.07 Å². The number of hydrogen-bond donors (Lipinski definition) is 3. The number of aromatic nitrogens is 2. The molecule has 3 rings (SSSR count). The van der Waals surface area contributed by atoms with Crippen LogP contribution < -0.4 is 10.5 Å². The van der Waals surface area contributed by atoms with Gasteiger partial charge in [0.1, 0.15) is 23.4 Å². The predicted molar refractivity (Wildman–Crippen MR) is 93.3 cm³/mol. The first kappa shape index (κ1) is 16.9. The van der Waals surface area contributed by atoms with Crippen LogP contribution in [0, 0.1) is 15.5 Å². The summed E-state index contributed by atoms with van der Waals surface area (Å²) in [5, 5.41) is 18.9. The molecule has 132 valence electrons. The van der Waals surface area contributed by atoms with Crippen molar-refractivity contribution in [2.24, 2.45) is 5.73 Å². The molecule has 0 radical (unpaired) electrons. The molecule has 0 spiro atoms. The summed E-state index contributed by atoms with van der Waals surface area (Å²) >= 11 is 0. The minimum absolute atomic E-state index is 0.269. The maximum Gasteiger partial charge on any atom is 0.367 e. The van der Waals surface area contributed by atoms with E-state index in [-0.39, 0.29) is 23.2 Å². The Kier molecular flexibility index (Phi) is 4.23. The van der Waals surface area contributed by atoms with E-state index in [2.05, 4.69) is 9.97 Å². The molecule has 2 heterocycles. The summed E-state index contributed by atoms with van der Waals surface area (Å²) in [6.45, 7) is 0. The Balaban J connectivity index is 1.88. The molecule has 1 amide bonds. The summed E-state index contributed by atoms with van der Waals surface area (Å²) in [7, 11) is 1.40. The Labute approximate surface area is 146 Å². The Morgan fingerprint density at radius 1 is 1.31 bits per heavy atom. The molecule has 0 unspecified atom stereocenters. The highest BCUT2D eigenvalue weighted by atomic mass is 16.6. The first-order valence-electron chi connectivity index (χ1n) is 7.38. The Morgan fingerprint density at radius 2 is 2.04 bits per heavy atom. The average molecular weight is 354 g/mol. The van der Waals surface area contributed by atoms with Gasteiger partial charge >= 0.3 is 5.82 Å². The molecule has 0 aliphatic rings. The van der Waals surface area contributed by atoms with Crippen molar-refractivity contribution >= 4 is 28.6 Å². The normalized spacial score (nSPS) is 10.5. The van der Waals surface area contributed by atoms with Crippen molar-refractivity contribution in [2.45, 2.75) is 0 Å². The van der Waals surface area contributed by atoms with Gasteiger partial charge in [-0.25, -0.2) is 0 Å². The van der Waals surface area contributed by atoms with Crippen molar-refractivity contribution in [2.75, 3.05) is 7.05 Å². The van der Waals surface area contributed by atoms with E-state index in [1.165, 1.54) is 25.4 Å². The number of hydrogen-bond acceptors (Lipinski definition) is 6. The highest BCUT2D eigenvalue weighted by molar-refractivity contribution is 6.05. The molecule has 0 aliphatic carbocycles. The standard InChI is InChI=1S/C16H14N6O4/c1-21(16(17)18)15(23)13-6-9-2-3-10(7-12(9)20-13)26-11-4-5-19-14(8-11)22(24)25/h2-8,20H,1H3,(H3,17,18). The van der Waals surface area contributed by atoms with Crippen molar-refractivity contribution in [3.63, 3.8) is 0 Å². The first-order chi connectivity index (χ1) is 12.3. The number of nitrogens with zero attached hydrogens (tertiary/aromatic N) is 3. The van der Waals surface area contributed by atoms with Gasteiger partial charge in [-0.3, -0.25) is 15.1 Å². The van der Waals surface area contributed by atoms with E-state index in [9.17, 15) is 14.9 Å². The van der Waals surface area contributed by atoms with Crippen molar-refractivity contribution in [1.29, 1.82) is 5.41 Å². The van der Waals surface area contributed by atoms with E-state index in [0.29, 0.717) is 11.3 Å². The molecule has 10 heteroatoms. The molecule has 3 aromatic rings. The van der Waals surface area contributed by atoms with Gasteiger partial charge in [0.15, 0.2) is 5.96 Å². The van der Waals surface area contributed by atoms with E-state index in [0.717, 1.165) is 10.3 Å². The zero-order valence-corrected chi connectivity index (χ0v) is 13.6. The second kappa shape index (κ2) is 6.51. The summed E-state index contributed by atoms with van der Waals surface area (Å²) in [5.74, 6) is -0.425. The summed E-state index contributed by atoms with van der Waals surface area (Å²) in [6.07, 6.45) is 1.29. The number of carbonyl (C=O) groups is 1. The third-order valence-electron chi connectivity index (χ3n) is 3.63. The summed E-state index contributed by atoms with van der Waals surface area (Å²) in [5.41, 5.74) is 6.22. The second-order valence-corrected chi connectivity index (χ2v) is 5.39. The van der Waals surface area contributed by atoms with Crippen LogP contribution in [0.15, 0.2) is 42.6 Å². The lowest BCUT2D eigenvalue weighted by molar-refractivity contribution is -0.389. The van der Waals surface area contributed by atoms with E-state index in [4.69, 9.17) is 15.9 Å². The molecule has 0 bridgehead atoms. The highest BCUT2D eigenvalue weighted by Gasteiger charge is 2.16. The predicted octanol–water partition coefficient (Wildman–Crippen LogP) is 2.23. The first-order valence-corrected chi connectivity index (χ1v) is 7.38. The number of rotatable bonds is 4. The molecule has 0 aliphatic heterocycles. The maximum absolute atomic E-state index is 12.2. The fraction of sp³-hybridized carbons (Fsp3) is 0.0625. The highest BCUT2D eigenvalue weighted by Crippen LogP contribution is 2.27. The number of fused-ring (bicyclic) bond motifs is 1. The van der Waals surface area contributed by atoms with Gasteiger partial charge in [-0.1, -0.05) is 0 Å². The van der Waals surface area contributed by atoms with Crippen LogP contribution in [0.3, 0.4) is 0 Å². The van der Waals surface area contributed by atoms with E-state index in [1.807, 2.05) is 0 Å². The summed E-state index contributed by atoms with van der Waals surface area (Å²) < 4.78 is 5.62. The van der Waals surface area contributed by atoms with Crippen LogP contribution in [0.2, 0.25) is 0 Å². The molecular weight excluding hydrogens is 340 g/mol. The fourth-order valence-electron chi connectivity index (χ4n) is 2.27. The minimum Gasteiger partial charge on any atom is -0.457 e. The van der Waals surface area contributed by atoms with Crippen LogP contribution in [-0.4, -0.2) is 38.7 Å². The number of H-pyrrole nitrogens is 1. The Hall–Kier alpha value is -3.95. The van der Waals surface area contributed by atoms with Gasteiger partial charge in [-0.05, 0) is 28.1 Å². The second-order valence-electron chi connectivity index (χ2n) is 5.39. The minimum atomic E-state index is -0.607. The number of benzene rings is 1. The van der Waals surface area contributed by atoms with Crippen LogP contribution in [-0.2, 0) is 0 Å². The number of carbonyl (C=O) groups excluding carboxylic acids is 1. The van der Waals surface area contributed by atoms with Crippen LogP contribution in [0.5, 0.6) is 11.5 Å². The SMILES string of the molecule is CN(C(=N)N)C(=O)c1cc2ccc(Oc3ccnc([N+](=O)[O-])c3)cc2[nH]1. The molecule has 0 saturated heterocycles. The largest absolute Gasteiger partial charge is 0.457 e. The smallest absolute Gasteiger partial charge is 0.367 e. The fourth-order valence-corrected chi connectivity index (χ4v) is 2.27. The average Bonchev–Trinajstić information content (AvgIpc) is 3.03. The number of pyridine rings is 1. The Bertz CT molecular complexity index is 1030. The number of nitro groups is 1. The van der Waals surface area contributed by atoms with Gasteiger partial charge in [-0.15, -0.1) is 0 Å². The van der Waals surface area contributed by atoms with Crippen molar-refractivity contribution in [3.05, 3.63) is 58.4 Å². The van der Waals surface area contributed by atoms with Gasteiger partial charge in [0.2, 0.25) is 0 Å². The van der Waals surface area contributed by atoms with Crippen molar-refractivity contribution in [1.82, 2.24) is 14.9 Å². The number of guanidine groups is 1. The van der Waals surface area contributed by atoms with Gasteiger partial charge < -0.3 is 25.6 Å². The van der Waals surface area contributed by atoms with Crippen LogP contribution in [0.4, 0.5) is 5.82 Å². The van der Waals surface area contributed by atoms with E-state index in [1.54, 1.807) is 24.3 Å². The molecule has 2 aromatic heterocycles.